The molecular weight excluding hydrogens is 499 g/mol. The molecule has 3 N–H and O–H groups in total. The van der Waals surface area contributed by atoms with Crippen LogP contribution in [0.15, 0.2) is 36.7 Å². The van der Waals surface area contributed by atoms with Gasteiger partial charge in [0, 0.05) is 0 Å². The van der Waals surface area contributed by atoms with Crippen LogP contribution in [0.3, 0.4) is 0 Å². The number of anilines is 1. The predicted octanol–water partition coefficient (Wildman–Crippen LogP) is 3.84. The van der Waals surface area contributed by atoms with E-state index in [0.29, 0.717) is 5.69 Å². The van der Waals surface area contributed by atoms with Gasteiger partial charge in [0.25, 0.3) is 0 Å². The summed E-state index contributed by atoms with van der Waals surface area (Å²) in [5, 5.41) is 16.4. The van der Waals surface area contributed by atoms with Gasteiger partial charge in [-0.1, -0.05) is 0 Å². The number of esters is 2. The van der Waals surface area contributed by atoms with Gasteiger partial charge in [-0.25, -0.2) is 23.5 Å². The zero-order valence-electron chi connectivity index (χ0n) is 21.8. The van der Waals surface area contributed by atoms with E-state index in [2.05, 4.69) is 20.7 Å². The van der Waals surface area contributed by atoms with E-state index in [1.54, 1.807) is 47.6 Å². The molecule has 2 heterocycles. The summed E-state index contributed by atoms with van der Waals surface area (Å²) in [6, 6.07) is 6.42. The minimum Gasteiger partial charge on any atom is -0.460 e. The summed E-state index contributed by atoms with van der Waals surface area (Å²) in [5.74, 6) is -2.67. The van der Waals surface area contributed by atoms with Gasteiger partial charge in [0.1, 0.15) is 23.3 Å². The first-order valence-corrected chi connectivity index (χ1v) is 11.5. The average molecular weight is 529 g/mol. The van der Waals surface area contributed by atoms with E-state index < -0.39 is 41.0 Å². The molecule has 0 unspecified atom stereocenters. The average Bonchev–Trinajstić information content (AvgIpc) is 3.24. The SMILES string of the molecule is CC(C)(C)OC(=O)Cc1ccc(OC(=O)c2ccc(NC(=N)NC(=O)OC(C)(C)C)c(F)c2)c2ncnn12. The van der Waals surface area contributed by atoms with E-state index in [-0.39, 0.29) is 29.1 Å². The minimum absolute atomic E-state index is 0.0476. The van der Waals surface area contributed by atoms with Gasteiger partial charge in [-0.15, -0.1) is 0 Å². The van der Waals surface area contributed by atoms with Gasteiger partial charge in [-0.05, 0) is 71.9 Å². The number of ether oxygens (including phenoxy) is 3. The molecule has 0 aliphatic heterocycles. The summed E-state index contributed by atoms with van der Waals surface area (Å²) in [6.45, 7) is 10.3. The third-order valence-electron chi connectivity index (χ3n) is 4.51. The monoisotopic (exact) mass is 528 g/mol. The highest BCUT2D eigenvalue weighted by molar-refractivity contribution is 6.01. The number of carbonyl (C=O) groups excluding carboxylic acids is 3. The van der Waals surface area contributed by atoms with E-state index in [1.807, 2.05) is 0 Å². The van der Waals surface area contributed by atoms with E-state index >= 15 is 0 Å². The number of alkyl carbamates (subject to hydrolysis) is 1. The Morgan fingerprint density at radius 2 is 1.71 bits per heavy atom. The van der Waals surface area contributed by atoms with E-state index in [4.69, 9.17) is 19.6 Å². The van der Waals surface area contributed by atoms with Gasteiger partial charge < -0.3 is 19.5 Å². The van der Waals surface area contributed by atoms with Gasteiger partial charge >= 0.3 is 18.0 Å². The molecule has 0 aliphatic rings. The van der Waals surface area contributed by atoms with Crippen molar-refractivity contribution in [1.82, 2.24) is 19.9 Å². The van der Waals surface area contributed by atoms with Gasteiger partial charge in [0.2, 0.25) is 5.96 Å². The van der Waals surface area contributed by atoms with Crippen molar-refractivity contribution in [3.63, 3.8) is 0 Å². The molecular formula is C25H29FN6O6. The Labute approximate surface area is 218 Å². The van der Waals surface area contributed by atoms with Gasteiger partial charge in [-0.3, -0.25) is 15.5 Å². The predicted molar refractivity (Wildman–Crippen MR) is 135 cm³/mol. The molecule has 1 aromatic carbocycles. The first-order chi connectivity index (χ1) is 17.6. The van der Waals surface area contributed by atoms with Crippen LogP contribution < -0.4 is 15.4 Å². The molecule has 0 bridgehead atoms. The Bertz CT molecular complexity index is 1390. The van der Waals surface area contributed by atoms with Crippen LogP contribution in [-0.4, -0.2) is 49.8 Å². The fraction of sp³-hybridized carbons (Fsp3) is 0.360. The van der Waals surface area contributed by atoms with E-state index in [1.165, 1.54) is 29.0 Å². The van der Waals surface area contributed by atoms with Crippen molar-refractivity contribution in [3.05, 3.63) is 53.7 Å². The summed E-state index contributed by atoms with van der Waals surface area (Å²) in [6.07, 6.45) is 0.279. The number of hydrogen-bond donors (Lipinski definition) is 3. The molecule has 0 saturated carbocycles. The van der Waals surface area contributed by atoms with Crippen LogP contribution in [0, 0.1) is 11.2 Å². The number of halogens is 1. The molecule has 202 valence electrons. The Kier molecular flexibility index (Phi) is 7.98. The van der Waals surface area contributed by atoms with Crippen molar-refractivity contribution < 1.29 is 33.0 Å². The van der Waals surface area contributed by atoms with Crippen molar-refractivity contribution in [3.8, 4) is 5.75 Å². The number of nitrogens with one attached hydrogen (secondary N) is 3. The number of pyridine rings is 1. The summed E-state index contributed by atoms with van der Waals surface area (Å²) in [5.41, 5.74) is -1.04. The fourth-order valence-electron chi connectivity index (χ4n) is 3.15. The van der Waals surface area contributed by atoms with E-state index in [0.717, 1.165) is 6.07 Å². The molecule has 2 aromatic heterocycles. The zero-order valence-corrected chi connectivity index (χ0v) is 21.8. The lowest BCUT2D eigenvalue weighted by molar-refractivity contribution is -0.154. The third kappa shape index (κ3) is 7.72. The number of amides is 1. The highest BCUT2D eigenvalue weighted by atomic mass is 19.1. The third-order valence-corrected chi connectivity index (χ3v) is 4.51. The standard InChI is InChI=1S/C25H29FN6O6/c1-24(2,3)37-19(33)12-15-8-10-18(20-28-13-29-32(15)20)36-21(34)14-7-9-17(16(26)11-14)30-22(27)31-23(35)38-25(4,5)6/h7-11,13H,12H2,1-6H3,(H3,27,30,31,35). The van der Waals surface area contributed by atoms with Crippen molar-refractivity contribution in [2.45, 2.75) is 59.2 Å². The molecule has 0 spiro atoms. The Balaban J connectivity index is 1.69. The highest BCUT2D eigenvalue weighted by Crippen LogP contribution is 2.23. The van der Waals surface area contributed by atoms with Crippen LogP contribution in [0.4, 0.5) is 14.9 Å². The number of guanidine groups is 1. The molecule has 0 atom stereocenters. The number of aromatic nitrogens is 3. The second-order valence-corrected chi connectivity index (χ2v) is 10.2. The maximum atomic E-state index is 14.6. The largest absolute Gasteiger partial charge is 0.460 e. The molecule has 0 radical (unpaired) electrons. The first kappa shape index (κ1) is 28.0. The van der Waals surface area contributed by atoms with Crippen molar-refractivity contribution in [2.24, 2.45) is 0 Å². The molecule has 0 aliphatic carbocycles. The van der Waals surface area contributed by atoms with Crippen LogP contribution in [0.1, 0.15) is 57.6 Å². The van der Waals surface area contributed by atoms with Crippen molar-refractivity contribution in [2.75, 3.05) is 5.32 Å². The zero-order chi connectivity index (χ0) is 28.3. The lowest BCUT2D eigenvalue weighted by Gasteiger charge is -2.20. The minimum atomic E-state index is -0.882. The first-order valence-electron chi connectivity index (χ1n) is 11.5. The fourth-order valence-corrected chi connectivity index (χ4v) is 3.15. The number of fused-ring (bicyclic) bond motifs is 1. The van der Waals surface area contributed by atoms with Crippen LogP contribution in [0.5, 0.6) is 5.75 Å². The molecule has 13 heteroatoms. The van der Waals surface area contributed by atoms with Crippen LogP contribution >= 0.6 is 0 Å². The van der Waals surface area contributed by atoms with E-state index in [9.17, 15) is 18.8 Å². The lowest BCUT2D eigenvalue weighted by Crippen LogP contribution is -2.39. The van der Waals surface area contributed by atoms with Gasteiger partial charge in [0.15, 0.2) is 11.4 Å². The Hall–Kier alpha value is -4.55. The maximum absolute atomic E-state index is 14.6. The normalized spacial score (nSPS) is 11.6. The van der Waals surface area contributed by atoms with Gasteiger partial charge in [0.05, 0.1) is 23.4 Å². The van der Waals surface area contributed by atoms with Crippen LogP contribution in [0.2, 0.25) is 0 Å². The second-order valence-electron chi connectivity index (χ2n) is 10.2. The summed E-state index contributed by atoms with van der Waals surface area (Å²) in [4.78, 5) is 40.8. The molecule has 3 aromatic rings. The molecule has 0 fully saturated rings. The maximum Gasteiger partial charge on any atom is 0.414 e. The molecule has 1 amide bonds. The Morgan fingerprint density at radius 3 is 2.34 bits per heavy atom. The second kappa shape index (κ2) is 10.8. The van der Waals surface area contributed by atoms with Crippen molar-refractivity contribution >= 4 is 35.3 Å². The number of benzene rings is 1. The highest BCUT2D eigenvalue weighted by Gasteiger charge is 2.21. The smallest absolute Gasteiger partial charge is 0.414 e. The number of carbonyl (C=O) groups is 3. The molecule has 3 rings (SSSR count). The number of rotatable bonds is 5. The van der Waals surface area contributed by atoms with Crippen LogP contribution in [0.25, 0.3) is 5.65 Å². The Morgan fingerprint density at radius 1 is 1.03 bits per heavy atom. The molecule has 38 heavy (non-hydrogen) atoms. The summed E-state index contributed by atoms with van der Waals surface area (Å²) >= 11 is 0. The molecule has 0 saturated heterocycles. The summed E-state index contributed by atoms with van der Waals surface area (Å²) < 4.78 is 31.8. The topological polar surface area (TPSA) is 157 Å². The summed E-state index contributed by atoms with van der Waals surface area (Å²) in [7, 11) is 0. The molecule has 12 nitrogen and oxygen atoms in total. The van der Waals surface area contributed by atoms with Gasteiger partial charge in [-0.2, -0.15) is 5.10 Å². The quantitative estimate of drug-likeness (QED) is 0.254. The van der Waals surface area contributed by atoms with Crippen molar-refractivity contribution in [1.29, 1.82) is 5.41 Å². The number of hydrogen-bond acceptors (Lipinski definition) is 9. The number of nitrogens with zero attached hydrogens (tertiary/aromatic N) is 3. The lowest BCUT2D eigenvalue weighted by atomic mass is 10.2. The van der Waals surface area contributed by atoms with Crippen LogP contribution in [-0.2, 0) is 20.7 Å².